The number of nitriles is 1. The molecule has 0 N–H and O–H groups in total. The molecule has 1 aromatic rings. The molecular weight excluding hydrogens is 214 g/mol. The van der Waals surface area contributed by atoms with Crippen molar-refractivity contribution in [2.75, 3.05) is 0 Å². The van der Waals surface area contributed by atoms with Gasteiger partial charge in [0.1, 0.15) is 0 Å². The van der Waals surface area contributed by atoms with E-state index in [1.165, 1.54) is 19.1 Å². The zero-order valence-electron chi connectivity index (χ0n) is 8.03. The lowest BCUT2D eigenvalue weighted by molar-refractivity contribution is -0.118. The number of ketones is 2. The van der Waals surface area contributed by atoms with E-state index in [2.05, 4.69) is 0 Å². The van der Waals surface area contributed by atoms with Gasteiger partial charge in [0.2, 0.25) is 0 Å². The number of hydrogen-bond acceptors (Lipinski definition) is 3. The molecular formula is C11H8ClNO2. The van der Waals surface area contributed by atoms with Gasteiger partial charge in [0.05, 0.1) is 6.07 Å². The lowest BCUT2D eigenvalue weighted by Crippen LogP contribution is -2.20. The second kappa shape index (κ2) is 4.72. The first-order valence-electron chi connectivity index (χ1n) is 4.26. The van der Waals surface area contributed by atoms with Crippen LogP contribution in [-0.2, 0) is 4.79 Å². The Morgan fingerprint density at radius 2 is 1.87 bits per heavy atom. The van der Waals surface area contributed by atoms with E-state index < -0.39 is 17.5 Å². The second-order valence-corrected chi connectivity index (χ2v) is 3.48. The average Bonchev–Trinajstić information content (AvgIpc) is 2.19. The average molecular weight is 222 g/mol. The highest BCUT2D eigenvalue weighted by Gasteiger charge is 2.23. The van der Waals surface area contributed by atoms with Crippen LogP contribution in [0.3, 0.4) is 0 Å². The molecule has 0 radical (unpaired) electrons. The minimum Gasteiger partial charge on any atom is -0.298 e. The minimum absolute atomic E-state index is 0.321. The molecule has 0 amide bonds. The first kappa shape index (κ1) is 11.4. The Bertz CT molecular complexity index is 431. The third kappa shape index (κ3) is 2.64. The van der Waals surface area contributed by atoms with Crippen molar-refractivity contribution in [2.24, 2.45) is 5.92 Å². The fourth-order valence-corrected chi connectivity index (χ4v) is 1.24. The van der Waals surface area contributed by atoms with Crippen molar-refractivity contribution in [3.8, 4) is 6.07 Å². The van der Waals surface area contributed by atoms with E-state index in [1.807, 2.05) is 0 Å². The lowest BCUT2D eigenvalue weighted by atomic mass is 9.96. The maximum atomic E-state index is 11.6. The molecule has 0 aliphatic heterocycles. The molecule has 0 bridgehead atoms. The number of Topliss-reactive ketones (excluding diaryl/α,β-unsaturated/α-hetero) is 2. The highest BCUT2D eigenvalue weighted by atomic mass is 35.5. The van der Waals surface area contributed by atoms with Crippen LogP contribution in [0, 0.1) is 17.2 Å². The first-order chi connectivity index (χ1) is 7.06. The molecule has 15 heavy (non-hydrogen) atoms. The van der Waals surface area contributed by atoms with E-state index >= 15 is 0 Å². The number of carbonyl (C=O) groups excluding carboxylic acids is 2. The summed E-state index contributed by atoms with van der Waals surface area (Å²) in [5.74, 6) is -2.15. The van der Waals surface area contributed by atoms with Crippen LogP contribution in [0.25, 0.3) is 0 Å². The zero-order valence-corrected chi connectivity index (χ0v) is 8.78. The minimum atomic E-state index is -1.22. The van der Waals surface area contributed by atoms with Crippen molar-refractivity contribution in [1.82, 2.24) is 0 Å². The smallest absolute Gasteiger partial charge is 0.187 e. The summed E-state index contributed by atoms with van der Waals surface area (Å²) in [6.45, 7) is 1.22. The Kier molecular flexibility index (Phi) is 3.59. The highest BCUT2D eigenvalue weighted by molar-refractivity contribution is 6.30. The van der Waals surface area contributed by atoms with Crippen molar-refractivity contribution in [1.29, 1.82) is 5.26 Å². The summed E-state index contributed by atoms with van der Waals surface area (Å²) in [7, 11) is 0. The maximum absolute atomic E-state index is 11.6. The fourth-order valence-electron chi connectivity index (χ4n) is 1.11. The Morgan fingerprint density at radius 3 is 2.27 bits per heavy atom. The van der Waals surface area contributed by atoms with Crippen molar-refractivity contribution < 1.29 is 9.59 Å². The molecule has 0 spiro atoms. The van der Waals surface area contributed by atoms with Gasteiger partial charge in [0.15, 0.2) is 17.5 Å². The monoisotopic (exact) mass is 221 g/mol. The van der Waals surface area contributed by atoms with Crippen LogP contribution in [0.5, 0.6) is 0 Å². The number of halogens is 1. The fraction of sp³-hybridized carbons (Fsp3) is 0.182. The molecule has 4 heteroatoms. The topological polar surface area (TPSA) is 57.9 Å². The van der Waals surface area contributed by atoms with E-state index in [0.29, 0.717) is 10.6 Å². The Labute approximate surface area is 92.3 Å². The summed E-state index contributed by atoms with van der Waals surface area (Å²) in [5, 5.41) is 9.17. The van der Waals surface area contributed by atoms with Gasteiger partial charge in [-0.05, 0) is 31.2 Å². The third-order valence-corrected chi connectivity index (χ3v) is 2.18. The summed E-state index contributed by atoms with van der Waals surface area (Å²) in [6.07, 6.45) is 0. The van der Waals surface area contributed by atoms with Gasteiger partial charge < -0.3 is 0 Å². The van der Waals surface area contributed by atoms with E-state index in [1.54, 1.807) is 18.2 Å². The predicted octanol–water partition coefficient (Wildman–Crippen LogP) is 2.25. The molecule has 0 heterocycles. The second-order valence-electron chi connectivity index (χ2n) is 3.04. The number of nitrogens with zero attached hydrogens (tertiary/aromatic N) is 1. The van der Waals surface area contributed by atoms with Gasteiger partial charge in [0.25, 0.3) is 0 Å². The van der Waals surface area contributed by atoms with E-state index in [0.717, 1.165) is 0 Å². The molecule has 0 aliphatic rings. The quantitative estimate of drug-likeness (QED) is 0.581. The van der Waals surface area contributed by atoms with Crippen LogP contribution in [0.1, 0.15) is 17.3 Å². The molecule has 1 rings (SSSR count). The molecule has 0 saturated heterocycles. The van der Waals surface area contributed by atoms with Gasteiger partial charge in [-0.1, -0.05) is 11.6 Å². The van der Waals surface area contributed by atoms with E-state index in [4.69, 9.17) is 16.9 Å². The third-order valence-electron chi connectivity index (χ3n) is 1.93. The van der Waals surface area contributed by atoms with Gasteiger partial charge in [-0.15, -0.1) is 0 Å². The summed E-state index contributed by atoms with van der Waals surface area (Å²) < 4.78 is 0. The summed E-state index contributed by atoms with van der Waals surface area (Å²) >= 11 is 5.65. The highest BCUT2D eigenvalue weighted by Crippen LogP contribution is 2.13. The Hall–Kier alpha value is -1.66. The number of hydrogen-bond donors (Lipinski definition) is 0. The molecule has 0 aromatic heterocycles. The normalized spacial score (nSPS) is 11.5. The Morgan fingerprint density at radius 1 is 1.33 bits per heavy atom. The molecule has 1 aromatic carbocycles. The van der Waals surface area contributed by atoms with Crippen LogP contribution >= 0.6 is 11.6 Å². The Balaban J connectivity index is 2.99. The molecule has 76 valence electrons. The van der Waals surface area contributed by atoms with Gasteiger partial charge in [-0.25, -0.2) is 0 Å². The molecule has 3 nitrogen and oxygen atoms in total. The van der Waals surface area contributed by atoms with Crippen LogP contribution in [0.2, 0.25) is 5.02 Å². The van der Waals surface area contributed by atoms with Crippen molar-refractivity contribution in [2.45, 2.75) is 6.92 Å². The van der Waals surface area contributed by atoms with Gasteiger partial charge in [0, 0.05) is 10.6 Å². The summed E-state index contributed by atoms with van der Waals surface area (Å²) in [5.41, 5.74) is 0.321. The summed E-state index contributed by atoms with van der Waals surface area (Å²) in [6, 6.07) is 7.77. The zero-order chi connectivity index (χ0) is 11.4. The molecule has 1 atom stereocenters. The largest absolute Gasteiger partial charge is 0.298 e. The summed E-state index contributed by atoms with van der Waals surface area (Å²) in [4.78, 5) is 22.6. The molecule has 1 unspecified atom stereocenters. The van der Waals surface area contributed by atoms with E-state index in [9.17, 15) is 9.59 Å². The number of carbonyl (C=O) groups is 2. The van der Waals surface area contributed by atoms with Crippen LogP contribution < -0.4 is 0 Å². The molecule has 0 saturated carbocycles. The van der Waals surface area contributed by atoms with Crippen LogP contribution in [0.4, 0.5) is 0 Å². The van der Waals surface area contributed by atoms with Crippen LogP contribution in [0.15, 0.2) is 24.3 Å². The first-order valence-corrected chi connectivity index (χ1v) is 4.64. The lowest BCUT2D eigenvalue weighted by Gasteiger charge is -2.03. The van der Waals surface area contributed by atoms with Crippen LogP contribution in [-0.4, -0.2) is 11.6 Å². The standard InChI is InChI=1S/C11H8ClNO2/c1-7(14)10(6-13)11(15)8-2-4-9(12)5-3-8/h2-5,10H,1H3. The van der Waals surface area contributed by atoms with Gasteiger partial charge >= 0.3 is 0 Å². The SMILES string of the molecule is CC(=O)C(C#N)C(=O)c1ccc(Cl)cc1. The van der Waals surface area contributed by atoms with Crippen molar-refractivity contribution >= 4 is 23.2 Å². The van der Waals surface area contributed by atoms with Crippen molar-refractivity contribution in [3.63, 3.8) is 0 Å². The van der Waals surface area contributed by atoms with E-state index in [-0.39, 0.29) is 0 Å². The maximum Gasteiger partial charge on any atom is 0.187 e. The van der Waals surface area contributed by atoms with Gasteiger partial charge in [-0.2, -0.15) is 5.26 Å². The van der Waals surface area contributed by atoms with Crippen molar-refractivity contribution in [3.05, 3.63) is 34.9 Å². The molecule has 0 fully saturated rings. The number of benzene rings is 1. The number of rotatable bonds is 3. The molecule has 0 aliphatic carbocycles. The van der Waals surface area contributed by atoms with Gasteiger partial charge in [-0.3, -0.25) is 9.59 Å². The predicted molar refractivity (Wildman–Crippen MR) is 55.6 cm³/mol.